The van der Waals surface area contributed by atoms with Gasteiger partial charge in [-0.15, -0.1) is 0 Å². The lowest BCUT2D eigenvalue weighted by Crippen LogP contribution is -2.41. The number of hydrogen-bond acceptors (Lipinski definition) is 3. The van der Waals surface area contributed by atoms with Crippen LogP contribution >= 0.6 is 12.2 Å². The maximum absolute atomic E-state index is 12.6. The number of hydrazine groups is 1. The Morgan fingerprint density at radius 3 is 2.56 bits per heavy atom. The highest BCUT2D eigenvalue weighted by Crippen LogP contribution is 2.03. The van der Waals surface area contributed by atoms with Crippen molar-refractivity contribution in [1.82, 2.24) is 10.9 Å². The summed E-state index contributed by atoms with van der Waals surface area (Å²) in [5.41, 5.74) is 5.60. The van der Waals surface area contributed by atoms with E-state index in [1.54, 1.807) is 12.1 Å². The van der Waals surface area contributed by atoms with E-state index in [-0.39, 0.29) is 5.82 Å². The number of benzene rings is 1. The second kappa shape index (κ2) is 6.02. The summed E-state index contributed by atoms with van der Waals surface area (Å²) in [6, 6.07) is 5.96. The average Bonchev–Trinajstić information content (AvgIpc) is 2.29. The van der Waals surface area contributed by atoms with Crippen molar-refractivity contribution in [1.29, 1.82) is 0 Å². The Morgan fingerprint density at radius 1 is 1.38 bits per heavy atom. The van der Waals surface area contributed by atoms with Crippen LogP contribution < -0.4 is 10.9 Å². The molecule has 0 spiro atoms. The topological polar surface area (TPSA) is 50.4 Å². The molecule has 0 radical (unpaired) electrons. The molecule has 0 aliphatic rings. The van der Waals surface area contributed by atoms with E-state index in [0.717, 1.165) is 5.56 Å². The van der Waals surface area contributed by atoms with Gasteiger partial charge in [-0.1, -0.05) is 24.4 Å². The fourth-order valence-corrected chi connectivity index (χ4v) is 1.22. The molecule has 1 aromatic rings. The van der Waals surface area contributed by atoms with Crippen LogP contribution in [0.5, 0.6) is 0 Å². The van der Waals surface area contributed by atoms with Crippen LogP contribution in [0.1, 0.15) is 5.56 Å². The number of hydrogen-bond donors (Lipinski definition) is 2. The number of carbonyl (C=O) groups excluding carboxylic acids is 1. The molecule has 0 aromatic heterocycles. The Labute approximate surface area is 97.8 Å². The van der Waals surface area contributed by atoms with E-state index in [1.807, 2.05) is 0 Å². The zero-order valence-electron chi connectivity index (χ0n) is 8.62. The lowest BCUT2D eigenvalue weighted by atomic mass is 10.1. The monoisotopic (exact) mass is 242 g/mol. The number of rotatable bonds is 2. The van der Waals surface area contributed by atoms with Gasteiger partial charge in [0.25, 0.3) is 0 Å². The van der Waals surface area contributed by atoms with Gasteiger partial charge < -0.3 is 4.74 Å². The molecule has 1 aromatic carbocycles. The SMILES string of the molecule is COC(=O)NNC(=S)Cc1ccc(F)cc1. The highest BCUT2D eigenvalue weighted by molar-refractivity contribution is 7.80. The standard InChI is InChI=1S/C10H11FN2O2S/c1-15-10(14)13-12-9(16)6-7-2-4-8(11)5-3-7/h2-5H,6H2,1H3,(H,12,16)(H,13,14). The van der Waals surface area contributed by atoms with Crippen LogP contribution in [0.4, 0.5) is 9.18 Å². The predicted octanol–water partition coefficient (Wildman–Crippen LogP) is 1.56. The van der Waals surface area contributed by atoms with Crippen molar-refractivity contribution in [2.75, 3.05) is 7.11 Å². The third kappa shape index (κ3) is 4.22. The van der Waals surface area contributed by atoms with E-state index in [2.05, 4.69) is 15.6 Å². The van der Waals surface area contributed by atoms with E-state index in [0.29, 0.717) is 11.4 Å². The van der Waals surface area contributed by atoms with Gasteiger partial charge in [-0.2, -0.15) is 0 Å². The second-order valence-electron chi connectivity index (χ2n) is 2.97. The van der Waals surface area contributed by atoms with Gasteiger partial charge in [0.15, 0.2) is 0 Å². The quantitative estimate of drug-likeness (QED) is 0.610. The van der Waals surface area contributed by atoms with E-state index in [4.69, 9.17) is 12.2 Å². The number of halogens is 1. The van der Waals surface area contributed by atoms with Crippen LogP contribution in [-0.2, 0) is 11.2 Å². The molecule has 0 atom stereocenters. The fourth-order valence-electron chi connectivity index (χ4n) is 1.00. The molecular formula is C10H11FN2O2S. The summed E-state index contributed by atoms with van der Waals surface area (Å²) in [7, 11) is 1.25. The normalized spacial score (nSPS) is 9.38. The smallest absolute Gasteiger partial charge is 0.425 e. The first-order chi connectivity index (χ1) is 7.61. The summed E-state index contributed by atoms with van der Waals surface area (Å²) >= 11 is 4.96. The summed E-state index contributed by atoms with van der Waals surface area (Å²) in [4.78, 5) is 11.1. The molecule has 0 fully saturated rings. The molecule has 0 bridgehead atoms. The number of methoxy groups -OCH3 is 1. The van der Waals surface area contributed by atoms with Gasteiger partial charge in [0, 0.05) is 6.42 Å². The summed E-state index contributed by atoms with van der Waals surface area (Å²) in [6.45, 7) is 0. The third-order valence-electron chi connectivity index (χ3n) is 1.77. The zero-order valence-corrected chi connectivity index (χ0v) is 9.44. The van der Waals surface area contributed by atoms with Crippen LogP contribution in [0, 0.1) is 5.82 Å². The third-order valence-corrected chi connectivity index (χ3v) is 2.01. The van der Waals surface area contributed by atoms with Gasteiger partial charge in [-0.05, 0) is 17.7 Å². The number of nitrogens with one attached hydrogen (secondary N) is 2. The van der Waals surface area contributed by atoms with Gasteiger partial charge in [0.2, 0.25) is 0 Å². The molecule has 0 saturated carbocycles. The van der Waals surface area contributed by atoms with Crippen molar-refractivity contribution < 1.29 is 13.9 Å². The summed E-state index contributed by atoms with van der Waals surface area (Å²) in [6.07, 6.45) is -0.207. The molecule has 0 aliphatic carbocycles. The molecule has 16 heavy (non-hydrogen) atoms. The van der Waals surface area contributed by atoms with Crippen LogP contribution in [0.15, 0.2) is 24.3 Å². The van der Waals surface area contributed by atoms with Crippen LogP contribution in [0.25, 0.3) is 0 Å². The molecule has 0 saturated heterocycles. The largest absolute Gasteiger partial charge is 0.452 e. The predicted molar refractivity (Wildman–Crippen MR) is 61.4 cm³/mol. The van der Waals surface area contributed by atoms with Crippen molar-refractivity contribution >= 4 is 23.3 Å². The second-order valence-corrected chi connectivity index (χ2v) is 3.46. The zero-order chi connectivity index (χ0) is 12.0. The van der Waals surface area contributed by atoms with Crippen molar-refractivity contribution in [3.8, 4) is 0 Å². The lowest BCUT2D eigenvalue weighted by Gasteiger charge is -2.08. The summed E-state index contributed by atoms with van der Waals surface area (Å²) in [5.74, 6) is -0.296. The number of ether oxygens (including phenoxy) is 1. The summed E-state index contributed by atoms with van der Waals surface area (Å²) < 4.78 is 16.9. The molecule has 0 unspecified atom stereocenters. The first-order valence-electron chi connectivity index (χ1n) is 4.49. The first kappa shape index (κ1) is 12.4. The van der Waals surface area contributed by atoms with E-state index in [9.17, 15) is 9.18 Å². The molecule has 0 heterocycles. The molecule has 1 amide bonds. The fraction of sp³-hybridized carbons (Fsp3) is 0.200. The van der Waals surface area contributed by atoms with Crippen LogP contribution in [0.3, 0.4) is 0 Å². The lowest BCUT2D eigenvalue weighted by molar-refractivity contribution is 0.169. The molecule has 1 rings (SSSR count). The van der Waals surface area contributed by atoms with E-state index >= 15 is 0 Å². The Kier molecular flexibility index (Phi) is 4.65. The van der Waals surface area contributed by atoms with Crippen LogP contribution in [0.2, 0.25) is 0 Å². The number of thiocarbonyl (C=S) groups is 1. The molecule has 4 nitrogen and oxygen atoms in total. The Balaban J connectivity index is 2.40. The van der Waals surface area contributed by atoms with Crippen LogP contribution in [-0.4, -0.2) is 18.2 Å². The maximum Gasteiger partial charge on any atom is 0.425 e. The average molecular weight is 242 g/mol. The van der Waals surface area contributed by atoms with Crippen molar-refractivity contribution in [3.05, 3.63) is 35.6 Å². The van der Waals surface area contributed by atoms with Crippen molar-refractivity contribution in [2.24, 2.45) is 0 Å². The van der Waals surface area contributed by atoms with Gasteiger partial charge in [0.05, 0.1) is 12.1 Å². The summed E-state index contributed by atoms with van der Waals surface area (Å²) in [5, 5.41) is 0. The molecule has 2 N–H and O–H groups in total. The van der Waals surface area contributed by atoms with E-state index < -0.39 is 6.09 Å². The Morgan fingerprint density at radius 2 is 2.00 bits per heavy atom. The molecular weight excluding hydrogens is 231 g/mol. The minimum Gasteiger partial charge on any atom is -0.452 e. The number of carbonyl (C=O) groups is 1. The highest BCUT2D eigenvalue weighted by atomic mass is 32.1. The minimum atomic E-state index is -0.624. The molecule has 6 heteroatoms. The first-order valence-corrected chi connectivity index (χ1v) is 4.90. The molecule has 86 valence electrons. The maximum atomic E-state index is 12.6. The van der Waals surface area contributed by atoms with Crippen molar-refractivity contribution in [2.45, 2.75) is 6.42 Å². The highest BCUT2D eigenvalue weighted by Gasteiger charge is 2.01. The van der Waals surface area contributed by atoms with Crippen molar-refractivity contribution in [3.63, 3.8) is 0 Å². The Hall–Kier alpha value is -1.69. The van der Waals surface area contributed by atoms with E-state index in [1.165, 1.54) is 19.2 Å². The minimum absolute atomic E-state index is 0.296. The molecule has 0 aliphatic heterocycles. The Bertz CT molecular complexity index is 381. The van der Waals surface area contributed by atoms with Gasteiger partial charge in [-0.25, -0.2) is 14.6 Å². The van der Waals surface area contributed by atoms with Gasteiger partial charge >= 0.3 is 6.09 Å². The van der Waals surface area contributed by atoms with Gasteiger partial charge in [-0.3, -0.25) is 5.43 Å². The number of amides is 1. The van der Waals surface area contributed by atoms with Gasteiger partial charge in [0.1, 0.15) is 5.82 Å².